The summed E-state index contributed by atoms with van der Waals surface area (Å²) >= 11 is 0. The first-order chi connectivity index (χ1) is 19.7. The van der Waals surface area contributed by atoms with Gasteiger partial charge in [-0.15, -0.1) is 0 Å². The molecule has 0 bridgehead atoms. The van der Waals surface area contributed by atoms with Gasteiger partial charge >= 0.3 is 0 Å². The highest BCUT2D eigenvalue weighted by molar-refractivity contribution is 6.25. The van der Waals surface area contributed by atoms with Crippen molar-refractivity contribution in [1.82, 2.24) is 4.57 Å². The molecule has 40 heavy (non-hydrogen) atoms. The second-order valence-corrected chi connectivity index (χ2v) is 10.4. The molecule has 0 unspecified atom stereocenters. The lowest BCUT2D eigenvalue weighted by Gasteiger charge is -2.28. The molecule has 0 saturated heterocycles. The van der Waals surface area contributed by atoms with E-state index in [0.717, 1.165) is 39.9 Å². The SMILES string of the molecule is CCn1c2ccc(C#N)cc2c2cc(N(c3ccccc3)c3ccc4ccc5cccc6ccc3c4c56)ccc21. The van der Waals surface area contributed by atoms with E-state index in [1.165, 1.54) is 37.8 Å². The number of para-hydroxylation sites is 1. The van der Waals surface area contributed by atoms with Crippen LogP contribution in [0.15, 0.2) is 121 Å². The van der Waals surface area contributed by atoms with Crippen LogP contribution in [0.5, 0.6) is 0 Å². The summed E-state index contributed by atoms with van der Waals surface area (Å²) < 4.78 is 2.33. The molecule has 7 aromatic carbocycles. The van der Waals surface area contributed by atoms with Crippen molar-refractivity contribution in [3.05, 3.63) is 127 Å². The minimum Gasteiger partial charge on any atom is -0.341 e. The van der Waals surface area contributed by atoms with Crippen molar-refractivity contribution in [2.24, 2.45) is 0 Å². The molecule has 8 aromatic rings. The molecule has 0 aliphatic heterocycles. The molecule has 3 heteroatoms. The summed E-state index contributed by atoms with van der Waals surface area (Å²) in [6, 6.07) is 45.7. The lowest BCUT2D eigenvalue weighted by Crippen LogP contribution is -2.10. The zero-order valence-corrected chi connectivity index (χ0v) is 22.1. The number of hydrogen-bond acceptors (Lipinski definition) is 2. The van der Waals surface area contributed by atoms with Crippen molar-refractivity contribution >= 4 is 71.2 Å². The second-order valence-electron chi connectivity index (χ2n) is 10.4. The van der Waals surface area contributed by atoms with Gasteiger partial charge in [-0.25, -0.2) is 0 Å². The maximum Gasteiger partial charge on any atom is 0.0991 e. The van der Waals surface area contributed by atoms with Crippen LogP contribution in [0.3, 0.4) is 0 Å². The molecule has 8 rings (SSSR count). The Morgan fingerprint density at radius 3 is 2.02 bits per heavy atom. The highest BCUT2D eigenvalue weighted by atomic mass is 15.1. The fourth-order valence-electron chi connectivity index (χ4n) is 6.56. The van der Waals surface area contributed by atoms with Crippen LogP contribution < -0.4 is 4.90 Å². The van der Waals surface area contributed by atoms with E-state index >= 15 is 0 Å². The molecule has 188 valence electrons. The molecule has 3 nitrogen and oxygen atoms in total. The average molecular weight is 512 g/mol. The molecule has 0 aliphatic carbocycles. The highest BCUT2D eigenvalue weighted by Gasteiger charge is 2.20. The van der Waals surface area contributed by atoms with Crippen LogP contribution >= 0.6 is 0 Å². The van der Waals surface area contributed by atoms with Crippen molar-refractivity contribution in [3.8, 4) is 6.07 Å². The molecule has 0 N–H and O–H groups in total. The lowest BCUT2D eigenvalue weighted by molar-refractivity contribution is 0.827. The van der Waals surface area contributed by atoms with E-state index in [4.69, 9.17) is 0 Å². The number of nitriles is 1. The van der Waals surface area contributed by atoms with Crippen molar-refractivity contribution in [3.63, 3.8) is 0 Å². The molecule has 1 aromatic heterocycles. The van der Waals surface area contributed by atoms with Crippen molar-refractivity contribution in [1.29, 1.82) is 5.26 Å². The van der Waals surface area contributed by atoms with Gasteiger partial charge in [0.2, 0.25) is 0 Å². The number of aryl methyl sites for hydroxylation is 1. The van der Waals surface area contributed by atoms with Gasteiger partial charge in [-0.3, -0.25) is 0 Å². The Kier molecular flexibility index (Phi) is 4.86. The number of hydrogen-bond donors (Lipinski definition) is 0. The Labute approximate surface area is 232 Å². The number of fused-ring (bicyclic) bond motifs is 3. The smallest absolute Gasteiger partial charge is 0.0991 e. The maximum absolute atomic E-state index is 9.63. The van der Waals surface area contributed by atoms with E-state index in [1.807, 2.05) is 12.1 Å². The summed E-state index contributed by atoms with van der Waals surface area (Å²) in [6.07, 6.45) is 0. The molecule has 0 saturated carbocycles. The van der Waals surface area contributed by atoms with Gasteiger partial charge in [0.15, 0.2) is 0 Å². The Hall–Kier alpha value is -5.33. The van der Waals surface area contributed by atoms with Gasteiger partial charge in [-0.1, -0.05) is 66.7 Å². The van der Waals surface area contributed by atoms with Crippen LogP contribution in [-0.2, 0) is 6.54 Å². The number of nitrogens with zero attached hydrogens (tertiary/aromatic N) is 3. The monoisotopic (exact) mass is 511 g/mol. The zero-order chi connectivity index (χ0) is 26.8. The van der Waals surface area contributed by atoms with Gasteiger partial charge in [-0.05, 0) is 88.5 Å². The van der Waals surface area contributed by atoms with E-state index < -0.39 is 0 Å². The van der Waals surface area contributed by atoms with Gasteiger partial charge in [-0.2, -0.15) is 5.26 Å². The molecular weight excluding hydrogens is 486 g/mol. The first-order valence-corrected chi connectivity index (χ1v) is 13.7. The van der Waals surface area contributed by atoms with Crippen molar-refractivity contribution < 1.29 is 0 Å². The third-order valence-corrected chi connectivity index (χ3v) is 8.31. The Bertz CT molecular complexity index is 2250. The number of aromatic nitrogens is 1. The third kappa shape index (κ3) is 3.17. The van der Waals surface area contributed by atoms with Crippen LogP contribution in [-0.4, -0.2) is 4.57 Å². The molecule has 1 heterocycles. The summed E-state index contributed by atoms with van der Waals surface area (Å²) in [5, 5.41) is 19.5. The highest BCUT2D eigenvalue weighted by Crippen LogP contribution is 2.44. The van der Waals surface area contributed by atoms with Crippen molar-refractivity contribution in [2.45, 2.75) is 13.5 Å². The zero-order valence-electron chi connectivity index (χ0n) is 22.1. The minimum absolute atomic E-state index is 0.680. The predicted octanol–water partition coefficient (Wildman–Crippen LogP) is 10.1. The summed E-state index contributed by atoms with van der Waals surface area (Å²) in [4.78, 5) is 2.37. The number of benzene rings is 7. The van der Waals surface area contributed by atoms with E-state index in [-0.39, 0.29) is 0 Å². The summed E-state index contributed by atoms with van der Waals surface area (Å²) in [5.74, 6) is 0. The molecule has 0 radical (unpaired) electrons. The van der Waals surface area contributed by atoms with Gasteiger partial charge in [0.25, 0.3) is 0 Å². The molecular formula is C37H25N3. The standard InChI is InChI=1S/C37H25N3/c1-2-39-33-18-11-24(23-38)21-31(33)32-22-29(16-20-34(32)39)40(28-9-4-3-5-10-28)35-19-15-27-13-12-25-7-6-8-26-14-17-30(35)37(27)36(25)26/h3-22H,2H2,1H3. The van der Waals surface area contributed by atoms with Gasteiger partial charge < -0.3 is 9.47 Å². The summed E-state index contributed by atoms with van der Waals surface area (Å²) in [5.41, 5.74) is 6.36. The molecule has 0 spiro atoms. The Morgan fingerprint density at radius 1 is 0.600 bits per heavy atom. The van der Waals surface area contributed by atoms with Crippen LogP contribution in [0.1, 0.15) is 12.5 Å². The molecule has 0 atom stereocenters. The fraction of sp³-hybridized carbons (Fsp3) is 0.0541. The summed E-state index contributed by atoms with van der Waals surface area (Å²) in [7, 11) is 0. The minimum atomic E-state index is 0.680. The largest absolute Gasteiger partial charge is 0.341 e. The van der Waals surface area contributed by atoms with Gasteiger partial charge in [0.1, 0.15) is 0 Å². The van der Waals surface area contributed by atoms with Gasteiger partial charge in [0, 0.05) is 45.1 Å². The molecule has 0 aliphatic rings. The van der Waals surface area contributed by atoms with E-state index in [1.54, 1.807) is 0 Å². The predicted molar refractivity (Wildman–Crippen MR) is 168 cm³/mol. The van der Waals surface area contributed by atoms with Crippen molar-refractivity contribution in [2.75, 3.05) is 4.90 Å². The number of rotatable bonds is 4. The van der Waals surface area contributed by atoms with E-state index in [2.05, 4.69) is 132 Å². The van der Waals surface area contributed by atoms with E-state index in [9.17, 15) is 5.26 Å². The van der Waals surface area contributed by atoms with Crippen LogP contribution in [0.4, 0.5) is 17.1 Å². The number of anilines is 3. The second kappa shape index (κ2) is 8.59. The average Bonchev–Trinajstić information content (AvgIpc) is 3.33. The van der Waals surface area contributed by atoms with Crippen LogP contribution in [0.2, 0.25) is 0 Å². The normalized spacial score (nSPS) is 11.7. The first-order valence-electron chi connectivity index (χ1n) is 13.7. The quantitative estimate of drug-likeness (QED) is 0.220. The first kappa shape index (κ1) is 22.6. The van der Waals surface area contributed by atoms with Crippen LogP contribution in [0.25, 0.3) is 54.1 Å². The summed E-state index contributed by atoms with van der Waals surface area (Å²) in [6.45, 7) is 3.04. The van der Waals surface area contributed by atoms with Gasteiger partial charge in [0.05, 0.1) is 17.3 Å². The molecule has 0 fully saturated rings. The molecule has 0 amide bonds. The lowest BCUT2D eigenvalue weighted by atomic mass is 9.93. The Morgan fingerprint density at radius 2 is 1.27 bits per heavy atom. The third-order valence-electron chi connectivity index (χ3n) is 8.31. The van der Waals surface area contributed by atoms with Crippen LogP contribution in [0, 0.1) is 11.3 Å². The topological polar surface area (TPSA) is 32.0 Å². The fourth-order valence-corrected chi connectivity index (χ4v) is 6.56. The van der Waals surface area contributed by atoms with E-state index in [0.29, 0.717) is 5.56 Å². The maximum atomic E-state index is 9.63. The Balaban J connectivity index is 1.45.